The van der Waals surface area contributed by atoms with Crippen LogP contribution in [0.25, 0.3) is 10.4 Å². The molecular weight excluding hydrogens is 546 g/mol. The number of ether oxygens (including phenoxy) is 2. The fraction of sp³-hybridized carbons (Fsp3) is 0.552. The molecule has 4 rings (SSSR count). The van der Waals surface area contributed by atoms with Crippen molar-refractivity contribution >= 4 is 29.1 Å². The van der Waals surface area contributed by atoms with Crippen LogP contribution >= 0.6 is 11.3 Å². The third-order valence-electron chi connectivity index (χ3n) is 7.71. The van der Waals surface area contributed by atoms with E-state index >= 15 is 0 Å². The average molecular weight is 584 g/mol. The first-order chi connectivity index (χ1) is 19.3. The number of aryl methyl sites for hydroxylation is 1. The number of aliphatic hydroxyl groups excluding tert-OH is 1. The Bertz CT molecular complexity index is 1350. The lowest BCUT2D eigenvalue weighted by molar-refractivity contribution is -0.144. The number of hydrogen-bond acceptors (Lipinski definition) is 9. The summed E-state index contributed by atoms with van der Waals surface area (Å²) in [6, 6.07) is 3.86. The highest BCUT2D eigenvalue weighted by Gasteiger charge is 2.53. The van der Waals surface area contributed by atoms with Crippen molar-refractivity contribution < 1.29 is 29.0 Å². The van der Waals surface area contributed by atoms with E-state index in [-0.39, 0.29) is 19.5 Å². The number of nitrogens with zero attached hydrogens (tertiary/aromatic N) is 3. The average Bonchev–Trinajstić information content (AvgIpc) is 3.47. The molecule has 3 amide bonds. The van der Waals surface area contributed by atoms with Crippen molar-refractivity contribution in [3.05, 3.63) is 28.9 Å². The van der Waals surface area contributed by atoms with Crippen LogP contribution in [0, 0.1) is 29.1 Å². The molecule has 0 unspecified atom stereocenters. The first-order valence-electron chi connectivity index (χ1n) is 13.5. The van der Waals surface area contributed by atoms with E-state index < -0.39 is 46.7 Å². The zero-order valence-corrected chi connectivity index (χ0v) is 25.1. The van der Waals surface area contributed by atoms with Crippen molar-refractivity contribution in [2.45, 2.75) is 71.7 Å². The molecule has 3 atom stereocenters. The fourth-order valence-electron chi connectivity index (χ4n) is 5.07. The summed E-state index contributed by atoms with van der Waals surface area (Å²) in [4.78, 5) is 46.7. The molecule has 0 spiro atoms. The van der Waals surface area contributed by atoms with Gasteiger partial charge in [0.1, 0.15) is 29.0 Å². The summed E-state index contributed by atoms with van der Waals surface area (Å²) in [6.45, 7) is 7.35. The van der Waals surface area contributed by atoms with Gasteiger partial charge in [0.2, 0.25) is 17.7 Å². The molecule has 220 valence electrons. The summed E-state index contributed by atoms with van der Waals surface area (Å²) in [5.74, 6) is -0.361. The van der Waals surface area contributed by atoms with Crippen LogP contribution in [0.3, 0.4) is 0 Å². The molecule has 2 heterocycles. The Kier molecular flexibility index (Phi) is 8.61. The van der Waals surface area contributed by atoms with Gasteiger partial charge in [0.05, 0.1) is 54.6 Å². The van der Waals surface area contributed by atoms with Gasteiger partial charge in [0.15, 0.2) is 0 Å². The van der Waals surface area contributed by atoms with Crippen LogP contribution < -0.4 is 20.1 Å². The Hall–Kier alpha value is -3.69. The monoisotopic (exact) mass is 583 g/mol. The van der Waals surface area contributed by atoms with Crippen LogP contribution in [0.2, 0.25) is 0 Å². The van der Waals surface area contributed by atoms with Crippen molar-refractivity contribution in [1.29, 1.82) is 5.26 Å². The van der Waals surface area contributed by atoms with Crippen LogP contribution in [-0.4, -0.2) is 71.7 Å². The van der Waals surface area contributed by atoms with Crippen LogP contribution in [0.1, 0.15) is 51.3 Å². The van der Waals surface area contributed by atoms with Crippen molar-refractivity contribution in [1.82, 2.24) is 20.5 Å². The number of carbonyl (C=O) groups excluding carboxylic acids is 3. The van der Waals surface area contributed by atoms with Gasteiger partial charge in [0.25, 0.3) is 0 Å². The molecule has 1 aliphatic carbocycles. The predicted octanol–water partition coefficient (Wildman–Crippen LogP) is 2.55. The van der Waals surface area contributed by atoms with E-state index in [1.165, 1.54) is 30.5 Å². The number of β-amino-alcohol motifs (C(OH)–C–C–N with tert-alkyl or cyclic N) is 1. The van der Waals surface area contributed by atoms with Gasteiger partial charge in [-0.15, -0.1) is 11.3 Å². The number of benzene rings is 1. The smallest absolute Gasteiger partial charge is 0.246 e. The SMILES string of the molecule is COc1cc(-c2scnc2C)cc(OC)c1CNC(=O)[C@@H]1C[C@@H](O)CN1C(=O)[C@@H](NC(=O)C1(C#N)CC1)C(C)(C)C. The lowest BCUT2D eigenvalue weighted by Gasteiger charge is -2.35. The molecule has 2 aromatic rings. The Morgan fingerprint density at radius 3 is 2.37 bits per heavy atom. The van der Waals surface area contributed by atoms with E-state index in [2.05, 4.69) is 21.7 Å². The normalized spacial score (nSPS) is 20.1. The molecule has 2 fully saturated rings. The highest BCUT2D eigenvalue weighted by molar-refractivity contribution is 7.13. The molecule has 1 aliphatic heterocycles. The minimum atomic E-state index is -1.10. The zero-order valence-electron chi connectivity index (χ0n) is 24.2. The van der Waals surface area contributed by atoms with Gasteiger partial charge in [-0.1, -0.05) is 20.8 Å². The number of methoxy groups -OCH3 is 2. The van der Waals surface area contributed by atoms with E-state index in [0.29, 0.717) is 29.9 Å². The standard InChI is InChI=1S/C29H37N5O6S/c1-16-23(41-15-32-16)17-9-21(39-5)19(22(10-17)40-6)12-31-25(36)20-11-18(35)13-34(20)26(37)24(28(2,3)4)33-27(38)29(14-30)7-8-29/h9-10,15,18,20,24,35H,7-8,11-13H2,1-6H3,(H,31,36)(H,33,38)/t18-,20+,24-/m1/s1. The number of nitriles is 1. The van der Waals surface area contributed by atoms with Gasteiger partial charge < -0.3 is 30.1 Å². The maximum absolute atomic E-state index is 13.8. The minimum absolute atomic E-state index is 0.0434. The van der Waals surface area contributed by atoms with Gasteiger partial charge in [-0.05, 0) is 37.3 Å². The number of rotatable bonds is 9. The lowest BCUT2D eigenvalue weighted by atomic mass is 9.85. The number of hydrogen-bond donors (Lipinski definition) is 3. The molecule has 2 aliphatic rings. The number of likely N-dealkylation sites (tertiary alicyclic amines) is 1. The van der Waals surface area contributed by atoms with E-state index in [4.69, 9.17) is 9.47 Å². The number of thiazole rings is 1. The van der Waals surface area contributed by atoms with Gasteiger partial charge in [-0.25, -0.2) is 4.98 Å². The Balaban J connectivity index is 1.53. The van der Waals surface area contributed by atoms with E-state index in [1.807, 2.05) is 19.1 Å². The third-order valence-corrected chi connectivity index (χ3v) is 8.68. The number of nitrogens with one attached hydrogen (secondary N) is 2. The summed E-state index contributed by atoms with van der Waals surface area (Å²) in [7, 11) is 3.08. The summed E-state index contributed by atoms with van der Waals surface area (Å²) in [6.07, 6.45) is 0.0605. The summed E-state index contributed by atoms with van der Waals surface area (Å²) in [5.41, 5.74) is 2.35. The highest BCUT2D eigenvalue weighted by atomic mass is 32.1. The Morgan fingerprint density at radius 2 is 1.88 bits per heavy atom. The molecule has 1 aromatic heterocycles. The number of carbonyl (C=O) groups is 3. The van der Waals surface area contributed by atoms with Gasteiger partial charge in [-0.3, -0.25) is 14.4 Å². The Morgan fingerprint density at radius 1 is 1.24 bits per heavy atom. The maximum atomic E-state index is 13.8. The van der Waals surface area contributed by atoms with E-state index in [0.717, 1.165) is 16.1 Å². The second-order valence-electron chi connectivity index (χ2n) is 11.7. The van der Waals surface area contributed by atoms with Crippen molar-refractivity contribution in [3.8, 4) is 28.0 Å². The number of aromatic nitrogens is 1. The second kappa shape index (κ2) is 11.7. The molecule has 12 heteroatoms. The molecule has 0 bridgehead atoms. The fourth-order valence-corrected chi connectivity index (χ4v) is 5.86. The van der Waals surface area contributed by atoms with E-state index in [9.17, 15) is 24.8 Å². The third kappa shape index (κ3) is 6.16. The van der Waals surface area contributed by atoms with Gasteiger partial charge in [-0.2, -0.15) is 5.26 Å². The van der Waals surface area contributed by atoms with Crippen molar-refractivity contribution in [2.75, 3.05) is 20.8 Å². The summed E-state index contributed by atoms with van der Waals surface area (Å²) >= 11 is 1.50. The van der Waals surface area contributed by atoms with Crippen molar-refractivity contribution in [2.24, 2.45) is 10.8 Å². The molecule has 3 N–H and O–H groups in total. The predicted molar refractivity (Wildman–Crippen MR) is 152 cm³/mol. The van der Waals surface area contributed by atoms with Crippen molar-refractivity contribution in [3.63, 3.8) is 0 Å². The van der Waals surface area contributed by atoms with Crippen LogP contribution in [0.5, 0.6) is 11.5 Å². The summed E-state index contributed by atoms with van der Waals surface area (Å²) in [5, 5.41) is 25.5. The maximum Gasteiger partial charge on any atom is 0.246 e. The topological polar surface area (TPSA) is 154 Å². The van der Waals surface area contributed by atoms with Gasteiger partial charge in [0, 0.05) is 18.5 Å². The van der Waals surface area contributed by atoms with Crippen LogP contribution in [0.15, 0.2) is 17.6 Å². The first-order valence-corrected chi connectivity index (χ1v) is 14.4. The molecule has 41 heavy (non-hydrogen) atoms. The summed E-state index contributed by atoms with van der Waals surface area (Å²) < 4.78 is 11.3. The zero-order chi connectivity index (χ0) is 30.1. The molecular formula is C29H37N5O6S. The number of amides is 3. The molecule has 11 nitrogen and oxygen atoms in total. The second-order valence-corrected chi connectivity index (χ2v) is 12.6. The Labute approximate surface area is 243 Å². The van der Waals surface area contributed by atoms with Crippen LogP contribution in [0.4, 0.5) is 0 Å². The molecule has 1 saturated carbocycles. The molecule has 1 aromatic carbocycles. The molecule has 0 radical (unpaired) electrons. The van der Waals surface area contributed by atoms with E-state index in [1.54, 1.807) is 26.3 Å². The largest absolute Gasteiger partial charge is 0.496 e. The van der Waals surface area contributed by atoms with Crippen LogP contribution in [-0.2, 0) is 20.9 Å². The quantitative estimate of drug-likeness (QED) is 0.407. The first kappa shape index (κ1) is 30.3. The molecule has 1 saturated heterocycles. The number of aliphatic hydroxyl groups is 1. The lowest BCUT2D eigenvalue weighted by Crippen LogP contribution is -2.58. The highest BCUT2D eigenvalue weighted by Crippen LogP contribution is 2.45. The van der Waals surface area contributed by atoms with Gasteiger partial charge >= 0.3 is 0 Å². The minimum Gasteiger partial charge on any atom is -0.496 e.